The van der Waals surface area contributed by atoms with Gasteiger partial charge in [-0.2, -0.15) is 0 Å². The number of aryl methyl sites for hydroxylation is 1. The van der Waals surface area contributed by atoms with Crippen molar-refractivity contribution in [2.24, 2.45) is 0 Å². The maximum absolute atomic E-state index is 12.3. The van der Waals surface area contributed by atoms with Crippen LogP contribution in [0.25, 0.3) is 11.5 Å². The van der Waals surface area contributed by atoms with E-state index in [1.807, 2.05) is 49.4 Å². The number of nitrogens with zero attached hydrogens (tertiary/aromatic N) is 2. The fourth-order valence-corrected chi connectivity index (χ4v) is 5.05. The molecule has 39 heavy (non-hydrogen) atoms. The van der Waals surface area contributed by atoms with E-state index in [2.05, 4.69) is 4.98 Å². The number of hydrogen-bond acceptors (Lipinski definition) is 6. The predicted molar refractivity (Wildman–Crippen MR) is 147 cm³/mol. The Balaban J connectivity index is 1.44. The third-order valence-corrected chi connectivity index (χ3v) is 6.87. The molecule has 0 spiro atoms. The number of ether oxygens (including phenoxy) is 1. The Labute approximate surface area is 227 Å². The van der Waals surface area contributed by atoms with Gasteiger partial charge in [-0.15, -0.1) is 0 Å². The molecule has 8 nitrogen and oxygen atoms in total. The topological polar surface area (TPSA) is 112 Å². The van der Waals surface area contributed by atoms with Crippen molar-refractivity contribution in [3.8, 4) is 17.2 Å². The number of carbonyl (C=O) groups is 3. The largest absolute Gasteiger partial charge is 0.493 e. The molecule has 0 aliphatic carbocycles. The Morgan fingerprint density at radius 1 is 0.923 bits per heavy atom. The molecule has 202 valence electrons. The fraction of sp³-hybridized carbons (Fsp3) is 0.290. The first-order valence-electron chi connectivity index (χ1n) is 12.8. The molecule has 0 amide bonds. The van der Waals surface area contributed by atoms with Gasteiger partial charge in [0.15, 0.2) is 11.6 Å². The predicted octanol–water partition coefficient (Wildman–Crippen LogP) is 5.96. The smallest absolute Gasteiger partial charge is 0.327 e. The van der Waals surface area contributed by atoms with Crippen LogP contribution in [0.2, 0.25) is 0 Å². The van der Waals surface area contributed by atoms with Crippen LogP contribution in [0.3, 0.4) is 0 Å². The van der Waals surface area contributed by atoms with E-state index in [1.165, 1.54) is 13.8 Å². The van der Waals surface area contributed by atoms with Crippen molar-refractivity contribution in [3.63, 3.8) is 0 Å². The summed E-state index contributed by atoms with van der Waals surface area (Å²) in [5.41, 5.74) is 4.08. The molecule has 2 aromatic heterocycles. The number of aromatic nitrogens is 2. The number of hydrogen-bond donors (Lipinski definition) is 1. The number of benzene rings is 2. The van der Waals surface area contributed by atoms with Gasteiger partial charge < -0.3 is 18.8 Å². The van der Waals surface area contributed by atoms with E-state index in [9.17, 15) is 19.5 Å². The van der Waals surface area contributed by atoms with E-state index in [4.69, 9.17) is 9.15 Å². The van der Waals surface area contributed by atoms with E-state index in [0.29, 0.717) is 36.1 Å². The van der Waals surface area contributed by atoms with Crippen molar-refractivity contribution in [2.45, 2.75) is 53.5 Å². The molecule has 0 saturated heterocycles. The Kier molecular flexibility index (Phi) is 8.14. The van der Waals surface area contributed by atoms with Gasteiger partial charge in [0.25, 0.3) is 0 Å². The molecule has 4 rings (SSSR count). The minimum Gasteiger partial charge on any atom is -0.493 e. The third-order valence-electron chi connectivity index (χ3n) is 6.87. The lowest BCUT2D eigenvalue weighted by molar-refractivity contribution is -0.141. The normalized spacial score (nSPS) is 11.8. The molecule has 0 saturated carbocycles. The highest BCUT2D eigenvalue weighted by Gasteiger charge is 2.30. The second-order valence-electron chi connectivity index (χ2n) is 9.59. The summed E-state index contributed by atoms with van der Waals surface area (Å²) < 4.78 is 13.3. The van der Waals surface area contributed by atoms with Gasteiger partial charge in [-0.25, -0.2) is 9.78 Å². The zero-order valence-electron chi connectivity index (χ0n) is 22.8. The van der Waals surface area contributed by atoms with Crippen LogP contribution in [0.15, 0.2) is 59.0 Å². The number of Topliss-reactive ketones (excluding diaryl/α,β-unsaturated/α-hetero) is 2. The van der Waals surface area contributed by atoms with Gasteiger partial charge in [-0.3, -0.25) is 9.59 Å². The standard InChI is InChI=1S/C31H32N2O6/c1-18-28(20(3)34)29(21(4)35)19(2)33(18)27(31(36)37)17-23-11-13-25(14-12-23)38-16-15-26-22(5)39-30(32-26)24-9-7-6-8-10-24/h6-14,27H,15-17H2,1-5H3,(H,36,37)/t27-/m0/s1. The summed E-state index contributed by atoms with van der Waals surface area (Å²) in [5.74, 6) is 0.425. The van der Waals surface area contributed by atoms with E-state index in [1.54, 1.807) is 30.5 Å². The highest BCUT2D eigenvalue weighted by molar-refractivity contribution is 6.09. The number of carbonyl (C=O) groups excluding carboxylic acids is 2. The van der Waals surface area contributed by atoms with Crippen molar-refractivity contribution in [1.29, 1.82) is 0 Å². The molecule has 1 N–H and O–H groups in total. The molecule has 2 aromatic carbocycles. The van der Waals surface area contributed by atoms with Crippen molar-refractivity contribution < 1.29 is 28.6 Å². The number of ketones is 2. The average Bonchev–Trinajstić information content (AvgIpc) is 3.40. The lowest BCUT2D eigenvalue weighted by Crippen LogP contribution is -2.23. The first kappa shape index (κ1) is 27.6. The number of carboxylic acids is 1. The average molecular weight is 529 g/mol. The quantitative estimate of drug-likeness (QED) is 0.239. The summed E-state index contributed by atoms with van der Waals surface area (Å²) in [6.07, 6.45) is 0.759. The van der Waals surface area contributed by atoms with Crippen LogP contribution in [0.5, 0.6) is 5.75 Å². The van der Waals surface area contributed by atoms with Gasteiger partial charge in [0, 0.05) is 40.9 Å². The van der Waals surface area contributed by atoms with Crippen molar-refractivity contribution in [3.05, 3.63) is 94.1 Å². The summed E-state index contributed by atoms with van der Waals surface area (Å²) in [4.78, 5) is 41.4. The zero-order chi connectivity index (χ0) is 28.3. The number of rotatable bonds is 11. The Morgan fingerprint density at radius 2 is 1.51 bits per heavy atom. The zero-order valence-corrected chi connectivity index (χ0v) is 22.8. The molecule has 0 radical (unpaired) electrons. The van der Waals surface area contributed by atoms with Crippen LogP contribution >= 0.6 is 0 Å². The van der Waals surface area contributed by atoms with Crippen LogP contribution in [0.4, 0.5) is 0 Å². The van der Waals surface area contributed by atoms with Crippen LogP contribution in [-0.4, -0.2) is 38.8 Å². The fourth-order valence-electron chi connectivity index (χ4n) is 5.05. The maximum Gasteiger partial charge on any atom is 0.327 e. The van der Waals surface area contributed by atoms with E-state index < -0.39 is 12.0 Å². The van der Waals surface area contributed by atoms with Gasteiger partial charge >= 0.3 is 5.97 Å². The molecular formula is C31H32N2O6. The minimum absolute atomic E-state index is 0.182. The molecule has 0 aliphatic heterocycles. The van der Waals surface area contributed by atoms with Crippen LogP contribution in [0, 0.1) is 20.8 Å². The maximum atomic E-state index is 12.3. The highest BCUT2D eigenvalue weighted by Crippen LogP contribution is 2.30. The molecule has 8 heteroatoms. The van der Waals surface area contributed by atoms with Crippen molar-refractivity contribution in [1.82, 2.24) is 9.55 Å². The van der Waals surface area contributed by atoms with Crippen LogP contribution in [-0.2, 0) is 17.6 Å². The van der Waals surface area contributed by atoms with E-state index in [0.717, 1.165) is 22.6 Å². The van der Waals surface area contributed by atoms with Gasteiger partial charge in [0.05, 0.1) is 12.3 Å². The summed E-state index contributed by atoms with van der Waals surface area (Å²) in [5, 5.41) is 10.1. The van der Waals surface area contributed by atoms with Gasteiger partial charge in [0.2, 0.25) is 5.89 Å². The SMILES string of the molecule is CC(=O)c1c(C(C)=O)c(C)n([C@@H](Cc2ccc(OCCc3nc(-c4ccccc4)oc3C)cc2)C(=O)O)c1C. The van der Waals surface area contributed by atoms with Gasteiger partial charge in [-0.1, -0.05) is 30.3 Å². The van der Waals surface area contributed by atoms with Gasteiger partial charge in [0.1, 0.15) is 17.6 Å². The van der Waals surface area contributed by atoms with E-state index in [-0.39, 0.29) is 29.1 Å². The second-order valence-corrected chi connectivity index (χ2v) is 9.59. The Hall–Kier alpha value is -4.46. The molecule has 0 aliphatic rings. The highest BCUT2D eigenvalue weighted by atomic mass is 16.5. The molecule has 0 unspecified atom stereocenters. The molecule has 2 heterocycles. The third kappa shape index (κ3) is 5.85. The second kappa shape index (κ2) is 11.5. The van der Waals surface area contributed by atoms with Crippen LogP contribution < -0.4 is 4.74 Å². The molecular weight excluding hydrogens is 496 g/mol. The number of oxazole rings is 1. The van der Waals surface area contributed by atoms with Gasteiger partial charge in [-0.05, 0) is 64.4 Å². The number of carboxylic acid groups (broad SMARTS) is 1. The summed E-state index contributed by atoms with van der Waals surface area (Å²) >= 11 is 0. The molecule has 4 aromatic rings. The molecule has 0 bridgehead atoms. The summed E-state index contributed by atoms with van der Waals surface area (Å²) in [6.45, 7) is 8.43. The monoisotopic (exact) mass is 528 g/mol. The summed E-state index contributed by atoms with van der Waals surface area (Å²) in [7, 11) is 0. The summed E-state index contributed by atoms with van der Waals surface area (Å²) in [6, 6.07) is 16.0. The molecule has 1 atom stereocenters. The lowest BCUT2D eigenvalue weighted by Gasteiger charge is -2.19. The Morgan fingerprint density at radius 3 is 2.05 bits per heavy atom. The van der Waals surface area contributed by atoms with Crippen molar-refractivity contribution in [2.75, 3.05) is 6.61 Å². The first-order valence-corrected chi connectivity index (χ1v) is 12.8. The Bertz CT molecular complexity index is 1480. The molecule has 0 fully saturated rings. The minimum atomic E-state index is -1.04. The van der Waals surface area contributed by atoms with Crippen molar-refractivity contribution >= 4 is 17.5 Å². The number of aliphatic carboxylic acids is 1. The lowest BCUT2D eigenvalue weighted by atomic mass is 10.0. The van der Waals surface area contributed by atoms with E-state index >= 15 is 0 Å². The first-order chi connectivity index (χ1) is 18.6. The van der Waals surface area contributed by atoms with Crippen LogP contribution in [0.1, 0.15) is 69.0 Å².